The van der Waals surface area contributed by atoms with Gasteiger partial charge in [0.15, 0.2) is 17.6 Å². The van der Waals surface area contributed by atoms with Crippen molar-refractivity contribution in [1.82, 2.24) is 4.57 Å². The summed E-state index contributed by atoms with van der Waals surface area (Å²) in [5.41, 5.74) is 6.24. The first-order valence-corrected chi connectivity index (χ1v) is 8.64. The van der Waals surface area contributed by atoms with Crippen molar-refractivity contribution in [3.63, 3.8) is 0 Å². The van der Waals surface area contributed by atoms with Crippen molar-refractivity contribution in [1.29, 1.82) is 0 Å². The van der Waals surface area contributed by atoms with Crippen molar-refractivity contribution in [2.75, 3.05) is 0 Å². The lowest BCUT2D eigenvalue weighted by Crippen LogP contribution is -2.34. The number of benzene rings is 2. The van der Waals surface area contributed by atoms with E-state index >= 15 is 0 Å². The first-order valence-electron chi connectivity index (χ1n) is 8.64. The van der Waals surface area contributed by atoms with Gasteiger partial charge in [-0.3, -0.25) is 0 Å². The van der Waals surface area contributed by atoms with Crippen LogP contribution in [0, 0.1) is 20.4 Å². The Balaban J connectivity index is 2.02. The van der Waals surface area contributed by atoms with Gasteiger partial charge in [0, 0.05) is 48.9 Å². The third-order valence-corrected chi connectivity index (χ3v) is 4.98. The molecular formula is C23H20N3+. The summed E-state index contributed by atoms with van der Waals surface area (Å²) in [6.07, 6.45) is 4.20. The molecule has 0 amide bonds. The van der Waals surface area contributed by atoms with Crippen molar-refractivity contribution in [3.8, 4) is 16.9 Å². The van der Waals surface area contributed by atoms with Gasteiger partial charge in [0.2, 0.25) is 5.69 Å². The summed E-state index contributed by atoms with van der Waals surface area (Å²) >= 11 is 0. The summed E-state index contributed by atoms with van der Waals surface area (Å²) in [7, 11) is 2.04. The number of hydrogen-bond donors (Lipinski definition) is 0. The van der Waals surface area contributed by atoms with Crippen LogP contribution in [-0.2, 0) is 7.05 Å². The van der Waals surface area contributed by atoms with E-state index in [-0.39, 0.29) is 0 Å². The summed E-state index contributed by atoms with van der Waals surface area (Å²) in [5.74, 6) is 0. The lowest BCUT2D eigenvalue weighted by atomic mass is 10.0. The molecule has 0 saturated carbocycles. The summed E-state index contributed by atoms with van der Waals surface area (Å²) in [4.78, 5) is 3.72. The summed E-state index contributed by atoms with van der Waals surface area (Å²) in [6, 6.07) is 18.7. The van der Waals surface area contributed by atoms with Gasteiger partial charge >= 0.3 is 0 Å². The molecule has 0 aliphatic heterocycles. The maximum atomic E-state index is 7.54. The molecular weight excluding hydrogens is 318 g/mol. The molecule has 0 saturated heterocycles. The van der Waals surface area contributed by atoms with Gasteiger partial charge < -0.3 is 4.57 Å². The van der Waals surface area contributed by atoms with Gasteiger partial charge in [0.1, 0.15) is 0 Å². The molecule has 3 heteroatoms. The lowest BCUT2D eigenvalue weighted by Gasteiger charge is -2.12. The van der Waals surface area contributed by atoms with Gasteiger partial charge in [-0.05, 0) is 42.1 Å². The van der Waals surface area contributed by atoms with E-state index in [9.17, 15) is 0 Å². The smallest absolute Gasteiger partial charge is 0.204 e. The highest BCUT2D eigenvalue weighted by Gasteiger charge is 2.20. The Bertz CT molecular complexity index is 1180. The Morgan fingerprint density at radius 3 is 2.42 bits per heavy atom. The topological polar surface area (TPSA) is 13.2 Å². The second-order valence-electron chi connectivity index (χ2n) is 6.67. The van der Waals surface area contributed by atoms with Crippen molar-refractivity contribution in [2.45, 2.75) is 13.8 Å². The highest BCUT2D eigenvalue weighted by atomic mass is 15.0. The zero-order valence-corrected chi connectivity index (χ0v) is 15.2. The number of rotatable bonds is 2. The van der Waals surface area contributed by atoms with Crippen molar-refractivity contribution >= 4 is 16.5 Å². The number of aromatic nitrogens is 2. The molecule has 26 heavy (non-hydrogen) atoms. The average Bonchev–Trinajstić information content (AvgIpc) is 3.07. The first-order chi connectivity index (χ1) is 12.6. The van der Waals surface area contributed by atoms with Crippen molar-refractivity contribution in [2.24, 2.45) is 7.05 Å². The van der Waals surface area contributed by atoms with E-state index in [2.05, 4.69) is 70.4 Å². The Hall–Kier alpha value is -3.38. The Morgan fingerprint density at radius 1 is 0.962 bits per heavy atom. The molecule has 0 N–H and O–H groups in total. The van der Waals surface area contributed by atoms with Crippen LogP contribution >= 0.6 is 0 Å². The van der Waals surface area contributed by atoms with Crippen LogP contribution in [-0.4, -0.2) is 4.57 Å². The van der Waals surface area contributed by atoms with E-state index in [1.165, 1.54) is 16.3 Å². The summed E-state index contributed by atoms with van der Waals surface area (Å²) in [5, 5.41) is 2.41. The molecule has 0 atom stereocenters. The molecule has 0 spiro atoms. The summed E-state index contributed by atoms with van der Waals surface area (Å²) < 4.78 is 4.29. The molecule has 0 aliphatic rings. The SMILES string of the molecule is [C-]#[N+]c1cc(-c2cccn2C)c(C)c(-[n+]2cc3ccccc3cc2C)c1. The second kappa shape index (κ2) is 6.16. The molecule has 0 bridgehead atoms. The molecule has 2 aromatic heterocycles. The fourth-order valence-corrected chi connectivity index (χ4v) is 3.56. The largest absolute Gasteiger partial charge is 0.351 e. The number of hydrogen-bond acceptors (Lipinski definition) is 0. The number of fused-ring (bicyclic) bond motifs is 1. The van der Waals surface area contributed by atoms with E-state index in [4.69, 9.17) is 6.57 Å². The van der Waals surface area contributed by atoms with Crippen LogP contribution in [0.1, 0.15) is 11.3 Å². The Kier molecular flexibility index (Phi) is 3.82. The van der Waals surface area contributed by atoms with E-state index in [1.54, 1.807) is 0 Å². The third kappa shape index (κ3) is 2.57. The van der Waals surface area contributed by atoms with E-state index in [0.29, 0.717) is 5.69 Å². The van der Waals surface area contributed by atoms with Crippen molar-refractivity contribution < 1.29 is 4.57 Å². The highest BCUT2D eigenvalue weighted by Crippen LogP contribution is 2.31. The number of pyridine rings is 1. The quantitative estimate of drug-likeness (QED) is 0.348. The monoisotopic (exact) mass is 338 g/mol. The molecule has 3 nitrogen and oxygen atoms in total. The minimum Gasteiger partial charge on any atom is -0.351 e. The van der Waals surface area contributed by atoms with E-state index in [1.807, 2.05) is 31.4 Å². The Labute approximate surface area is 153 Å². The van der Waals surface area contributed by atoms with Crippen LogP contribution in [0.5, 0.6) is 0 Å². The van der Waals surface area contributed by atoms with E-state index in [0.717, 1.165) is 22.6 Å². The van der Waals surface area contributed by atoms with Gasteiger partial charge in [-0.2, -0.15) is 4.57 Å². The average molecular weight is 338 g/mol. The number of nitrogens with zero attached hydrogens (tertiary/aromatic N) is 3. The second-order valence-corrected chi connectivity index (χ2v) is 6.67. The lowest BCUT2D eigenvalue weighted by molar-refractivity contribution is -0.601. The fraction of sp³-hybridized carbons (Fsp3) is 0.130. The van der Waals surface area contributed by atoms with Crippen LogP contribution in [0.4, 0.5) is 5.69 Å². The molecule has 0 aliphatic carbocycles. The highest BCUT2D eigenvalue weighted by molar-refractivity contribution is 5.81. The zero-order chi connectivity index (χ0) is 18.3. The van der Waals surface area contributed by atoms with Crippen molar-refractivity contribution in [3.05, 3.63) is 89.7 Å². The van der Waals surface area contributed by atoms with Gasteiger partial charge in [-0.15, -0.1) is 0 Å². The molecule has 126 valence electrons. The maximum absolute atomic E-state index is 7.54. The predicted octanol–water partition coefficient (Wildman–Crippen LogP) is 5.29. The van der Waals surface area contributed by atoms with Gasteiger partial charge in [-0.1, -0.05) is 18.2 Å². The minimum absolute atomic E-state index is 0.654. The molecule has 0 radical (unpaired) electrons. The van der Waals surface area contributed by atoms with Gasteiger partial charge in [-0.25, -0.2) is 4.85 Å². The van der Waals surface area contributed by atoms with Gasteiger partial charge in [0.25, 0.3) is 0 Å². The normalized spacial score (nSPS) is 10.8. The van der Waals surface area contributed by atoms with E-state index < -0.39 is 0 Å². The summed E-state index contributed by atoms with van der Waals surface area (Å²) in [6.45, 7) is 11.8. The van der Waals surface area contributed by atoms with Crippen LogP contribution in [0.15, 0.2) is 67.0 Å². The van der Waals surface area contributed by atoms with Crippen LogP contribution in [0.3, 0.4) is 0 Å². The molecule has 0 unspecified atom stereocenters. The molecule has 4 rings (SSSR count). The predicted molar refractivity (Wildman–Crippen MR) is 106 cm³/mol. The van der Waals surface area contributed by atoms with Crippen LogP contribution in [0.25, 0.3) is 32.6 Å². The molecule has 4 aromatic rings. The number of aryl methyl sites for hydroxylation is 2. The first kappa shape index (κ1) is 16.1. The van der Waals surface area contributed by atoms with Gasteiger partial charge in [0.05, 0.1) is 6.57 Å². The Morgan fingerprint density at radius 2 is 1.73 bits per heavy atom. The third-order valence-electron chi connectivity index (χ3n) is 4.98. The standard InChI is InChI=1S/C23H20N3/c1-16-12-18-8-5-6-9-19(18)15-26(16)23-14-20(24-3)13-21(17(23)2)22-10-7-11-25(22)4/h5-15H,1-2,4H3/q+1. The van der Waals surface area contributed by atoms with Crippen LogP contribution < -0.4 is 4.57 Å². The molecule has 2 aromatic carbocycles. The fourth-order valence-electron chi connectivity index (χ4n) is 3.56. The maximum Gasteiger partial charge on any atom is 0.204 e. The minimum atomic E-state index is 0.654. The van der Waals surface area contributed by atoms with Crippen LogP contribution in [0.2, 0.25) is 0 Å². The molecule has 2 heterocycles. The molecule has 0 fully saturated rings. The zero-order valence-electron chi connectivity index (χ0n) is 15.2.